The summed E-state index contributed by atoms with van der Waals surface area (Å²) in [6, 6.07) is 16.1. The number of ether oxygens (including phenoxy) is 2. The first-order valence-electron chi connectivity index (χ1n) is 12.7. The predicted molar refractivity (Wildman–Crippen MR) is 148 cm³/mol. The maximum absolute atomic E-state index is 13.2. The van der Waals surface area contributed by atoms with Gasteiger partial charge in [-0.2, -0.15) is 13.2 Å². The third-order valence-electron chi connectivity index (χ3n) is 6.99. The van der Waals surface area contributed by atoms with Gasteiger partial charge in [-0.25, -0.2) is 4.79 Å². The molecule has 0 amide bonds. The molecular weight excluding hydrogens is 575 g/mol. The van der Waals surface area contributed by atoms with Gasteiger partial charge in [-0.1, -0.05) is 24.3 Å². The first-order valence-corrected chi connectivity index (χ1v) is 13.5. The summed E-state index contributed by atoms with van der Waals surface area (Å²) in [5.74, 6) is 1.25. The molecule has 0 radical (unpaired) electrons. The van der Waals surface area contributed by atoms with E-state index in [0.29, 0.717) is 51.4 Å². The lowest BCUT2D eigenvalue weighted by Crippen LogP contribution is -2.23. The Bertz CT molecular complexity index is 1510. The van der Waals surface area contributed by atoms with Crippen LogP contribution in [0.2, 0.25) is 0 Å². The summed E-state index contributed by atoms with van der Waals surface area (Å²) in [4.78, 5) is 13.2. The van der Waals surface area contributed by atoms with Gasteiger partial charge in [-0.15, -0.1) is 0 Å². The van der Waals surface area contributed by atoms with E-state index in [9.17, 15) is 18.0 Å². The SMILES string of the molecule is COc1cc2oc(=O)c(-c3ccc(C(F)(F)F)cc3)c(Cc3ccc(OCCC4CCCN4)cc3)c2cc1Br. The van der Waals surface area contributed by atoms with Crippen LogP contribution >= 0.6 is 15.9 Å². The Hall–Kier alpha value is -3.30. The van der Waals surface area contributed by atoms with Crippen molar-refractivity contribution in [2.24, 2.45) is 0 Å². The molecule has 1 unspecified atom stereocenters. The van der Waals surface area contributed by atoms with Crippen LogP contribution in [0.5, 0.6) is 11.5 Å². The molecule has 1 fully saturated rings. The zero-order valence-corrected chi connectivity index (χ0v) is 22.8. The highest BCUT2D eigenvalue weighted by molar-refractivity contribution is 9.10. The van der Waals surface area contributed by atoms with Crippen molar-refractivity contribution in [1.82, 2.24) is 5.32 Å². The normalized spacial score (nSPS) is 15.6. The molecule has 1 aromatic heterocycles. The van der Waals surface area contributed by atoms with Gasteiger partial charge in [0.15, 0.2) is 0 Å². The van der Waals surface area contributed by atoms with Crippen LogP contribution in [-0.2, 0) is 12.6 Å². The number of hydrogen-bond acceptors (Lipinski definition) is 5. The van der Waals surface area contributed by atoms with Crippen molar-refractivity contribution in [3.05, 3.63) is 92.2 Å². The van der Waals surface area contributed by atoms with Gasteiger partial charge >= 0.3 is 11.8 Å². The van der Waals surface area contributed by atoms with E-state index in [1.807, 2.05) is 24.3 Å². The molecule has 3 aromatic carbocycles. The lowest BCUT2D eigenvalue weighted by atomic mass is 9.93. The average molecular weight is 602 g/mol. The van der Waals surface area contributed by atoms with Gasteiger partial charge in [0.05, 0.1) is 29.3 Å². The van der Waals surface area contributed by atoms with Crippen LogP contribution in [0.25, 0.3) is 22.1 Å². The monoisotopic (exact) mass is 601 g/mol. The number of nitrogens with one attached hydrogen (secondary N) is 1. The fourth-order valence-corrected chi connectivity index (χ4v) is 5.46. The molecule has 9 heteroatoms. The Morgan fingerprint density at radius 3 is 2.46 bits per heavy atom. The van der Waals surface area contributed by atoms with E-state index in [2.05, 4.69) is 21.2 Å². The largest absolute Gasteiger partial charge is 0.495 e. The van der Waals surface area contributed by atoms with E-state index in [-0.39, 0.29) is 5.56 Å². The molecule has 2 heterocycles. The van der Waals surface area contributed by atoms with Gasteiger partial charge in [-0.3, -0.25) is 0 Å². The lowest BCUT2D eigenvalue weighted by Gasteiger charge is -2.15. The average Bonchev–Trinajstić information content (AvgIpc) is 3.43. The second kappa shape index (κ2) is 11.4. The van der Waals surface area contributed by atoms with Crippen LogP contribution in [-0.4, -0.2) is 26.3 Å². The van der Waals surface area contributed by atoms with Crippen molar-refractivity contribution in [2.45, 2.75) is 37.9 Å². The number of benzene rings is 3. The zero-order chi connectivity index (χ0) is 27.6. The van der Waals surface area contributed by atoms with Crippen molar-refractivity contribution in [2.75, 3.05) is 20.3 Å². The quantitative estimate of drug-likeness (QED) is 0.214. The van der Waals surface area contributed by atoms with E-state index in [0.717, 1.165) is 36.4 Å². The topological polar surface area (TPSA) is 60.7 Å². The molecule has 5 nitrogen and oxygen atoms in total. The Balaban J connectivity index is 1.50. The first-order chi connectivity index (χ1) is 18.7. The van der Waals surface area contributed by atoms with Gasteiger partial charge < -0.3 is 19.2 Å². The van der Waals surface area contributed by atoms with Crippen LogP contribution < -0.4 is 20.4 Å². The zero-order valence-electron chi connectivity index (χ0n) is 21.2. The van der Waals surface area contributed by atoms with Crippen molar-refractivity contribution < 1.29 is 27.1 Å². The molecule has 39 heavy (non-hydrogen) atoms. The van der Waals surface area contributed by atoms with Gasteiger partial charge in [0.2, 0.25) is 0 Å². The summed E-state index contributed by atoms with van der Waals surface area (Å²) in [6.45, 7) is 1.68. The Labute approximate surface area is 232 Å². The molecule has 0 saturated carbocycles. The summed E-state index contributed by atoms with van der Waals surface area (Å²) < 4.78 is 57.1. The summed E-state index contributed by atoms with van der Waals surface area (Å²) >= 11 is 3.49. The van der Waals surface area contributed by atoms with Gasteiger partial charge in [-0.05, 0) is 95.2 Å². The Morgan fingerprint density at radius 1 is 1.08 bits per heavy atom. The van der Waals surface area contributed by atoms with Gasteiger partial charge in [0.25, 0.3) is 0 Å². The van der Waals surface area contributed by atoms with E-state index in [1.165, 1.54) is 32.1 Å². The minimum atomic E-state index is -4.48. The molecule has 204 valence electrons. The standard InChI is InChI=1S/C30H27BrF3NO4/c1-37-27-17-26-23(16-25(27)31)24(28(29(36)39-26)19-6-8-20(9-7-19)30(32,33)34)15-18-4-10-22(11-5-18)38-14-12-21-3-2-13-35-21/h4-11,16-17,21,35H,2-3,12-15H2,1H3. The van der Waals surface area contributed by atoms with Crippen LogP contribution in [0.3, 0.4) is 0 Å². The lowest BCUT2D eigenvalue weighted by molar-refractivity contribution is -0.137. The van der Waals surface area contributed by atoms with Crippen molar-refractivity contribution in [3.63, 3.8) is 0 Å². The number of fused-ring (bicyclic) bond motifs is 1. The van der Waals surface area contributed by atoms with Gasteiger partial charge in [0.1, 0.15) is 17.1 Å². The maximum atomic E-state index is 13.2. The van der Waals surface area contributed by atoms with Crippen LogP contribution in [0.4, 0.5) is 13.2 Å². The third kappa shape index (κ3) is 6.15. The predicted octanol–water partition coefficient (Wildman–Crippen LogP) is 7.36. The fourth-order valence-electron chi connectivity index (χ4n) is 4.95. The molecule has 1 saturated heterocycles. The highest BCUT2D eigenvalue weighted by Crippen LogP contribution is 2.37. The fraction of sp³-hybridized carbons (Fsp3) is 0.300. The van der Waals surface area contributed by atoms with E-state index in [4.69, 9.17) is 13.9 Å². The molecule has 4 aromatic rings. The van der Waals surface area contributed by atoms with Crippen molar-refractivity contribution in [1.29, 1.82) is 0 Å². The van der Waals surface area contributed by atoms with Crippen LogP contribution in [0.15, 0.2) is 74.3 Å². The van der Waals surface area contributed by atoms with E-state index < -0.39 is 17.4 Å². The number of halogens is 4. The molecule has 0 aliphatic carbocycles. The van der Waals surface area contributed by atoms with E-state index in [1.54, 1.807) is 12.1 Å². The highest BCUT2D eigenvalue weighted by atomic mass is 79.9. The number of methoxy groups -OCH3 is 1. The molecular formula is C30H27BrF3NO4. The second-order valence-electron chi connectivity index (χ2n) is 9.55. The summed E-state index contributed by atoms with van der Waals surface area (Å²) in [7, 11) is 1.51. The molecule has 0 spiro atoms. The maximum Gasteiger partial charge on any atom is 0.416 e. The Morgan fingerprint density at radius 2 is 1.82 bits per heavy atom. The van der Waals surface area contributed by atoms with E-state index >= 15 is 0 Å². The highest BCUT2D eigenvalue weighted by Gasteiger charge is 2.30. The molecule has 0 bridgehead atoms. The smallest absolute Gasteiger partial charge is 0.416 e. The second-order valence-corrected chi connectivity index (χ2v) is 10.4. The van der Waals surface area contributed by atoms with Crippen LogP contribution in [0, 0.1) is 0 Å². The molecule has 1 aliphatic heterocycles. The number of hydrogen-bond donors (Lipinski definition) is 1. The third-order valence-corrected chi connectivity index (χ3v) is 7.61. The molecule has 5 rings (SSSR count). The summed E-state index contributed by atoms with van der Waals surface area (Å²) in [5.41, 5.74) is 1.02. The number of rotatable bonds is 8. The van der Waals surface area contributed by atoms with Crippen LogP contribution in [0.1, 0.15) is 36.0 Å². The minimum absolute atomic E-state index is 0.220. The number of alkyl halides is 3. The van der Waals surface area contributed by atoms with Gasteiger partial charge in [0, 0.05) is 17.5 Å². The first kappa shape index (κ1) is 27.3. The molecule has 1 atom stereocenters. The molecule has 1 aliphatic rings. The molecule has 1 N–H and O–H groups in total. The van der Waals surface area contributed by atoms with Crippen molar-refractivity contribution in [3.8, 4) is 22.6 Å². The van der Waals surface area contributed by atoms with Crippen molar-refractivity contribution >= 4 is 26.9 Å². The summed E-state index contributed by atoms with van der Waals surface area (Å²) in [5, 5.41) is 4.11. The Kier molecular flexibility index (Phi) is 8.00. The minimum Gasteiger partial charge on any atom is -0.495 e. The summed E-state index contributed by atoms with van der Waals surface area (Å²) in [6.07, 6.45) is -0.811.